The fourth-order valence-corrected chi connectivity index (χ4v) is 5.42. The molecule has 10 heteroatoms. The second kappa shape index (κ2) is 6.54. The van der Waals surface area contributed by atoms with E-state index in [-0.39, 0.29) is 9.09 Å². The molecule has 0 radical (unpaired) electrons. The molecular formula is C17H18F3N3O2S2. The first-order chi connectivity index (χ1) is 12.5. The number of alkyl halides is 3. The van der Waals surface area contributed by atoms with Crippen LogP contribution < -0.4 is 10.1 Å². The molecule has 27 heavy (non-hydrogen) atoms. The maximum atomic E-state index is 13.8. The summed E-state index contributed by atoms with van der Waals surface area (Å²) in [6.07, 6.45) is -2.46. The van der Waals surface area contributed by atoms with E-state index in [1.54, 1.807) is 18.2 Å². The van der Waals surface area contributed by atoms with Crippen LogP contribution in [0.5, 0.6) is 0 Å². The first kappa shape index (κ1) is 19.7. The van der Waals surface area contributed by atoms with Crippen LogP contribution in [0.25, 0.3) is 0 Å². The van der Waals surface area contributed by atoms with Gasteiger partial charge in [-0.2, -0.15) is 13.2 Å². The van der Waals surface area contributed by atoms with E-state index >= 15 is 0 Å². The van der Waals surface area contributed by atoms with Gasteiger partial charge in [0.05, 0.1) is 0 Å². The first-order valence-corrected chi connectivity index (χ1v) is 10.2. The zero-order chi connectivity index (χ0) is 20.0. The van der Waals surface area contributed by atoms with Crippen molar-refractivity contribution in [2.24, 2.45) is 0 Å². The summed E-state index contributed by atoms with van der Waals surface area (Å²) in [7, 11) is -2.74. The highest BCUT2D eigenvalue weighted by Crippen LogP contribution is 2.48. The molecule has 3 rings (SSSR count). The van der Waals surface area contributed by atoms with Gasteiger partial charge in [0.15, 0.2) is 5.54 Å². The van der Waals surface area contributed by atoms with Crippen LogP contribution in [0.15, 0.2) is 46.8 Å². The number of sulfonamides is 1. The molecular weight excluding hydrogens is 399 g/mol. The van der Waals surface area contributed by atoms with Crippen LogP contribution in [0.3, 0.4) is 0 Å². The molecule has 0 bridgehead atoms. The zero-order valence-corrected chi connectivity index (χ0v) is 16.4. The summed E-state index contributed by atoms with van der Waals surface area (Å²) in [6.45, 7) is 3.74. The smallest absolute Gasteiger partial charge is 0.325 e. The fourth-order valence-electron chi connectivity index (χ4n) is 2.83. The van der Waals surface area contributed by atoms with E-state index in [2.05, 4.69) is 10.1 Å². The molecule has 2 aromatic rings. The Balaban J connectivity index is 1.97. The van der Waals surface area contributed by atoms with Crippen molar-refractivity contribution in [3.8, 4) is 0 Å². The summed E-state index contributed by atoms with van der Waals surface area (Å²) in [5.74, 6) is 0. The van der Waals surface area contributed by atoms with Gasteiger partial charge < -0.3 is 5.43 Å². The van der Waals surface area contributed by atoms with Crippen LogP contribution in [0, 0.1) is 13.8 Å². The average molecular weight is 417 g/mol. The van der Waals surface area contributed by atoms with Gasteiger partial charge in [-0.25, -0.2) is 13.4 Å². The lowest BCUT2D eigenvalue weighted by Gasteiger charge is -2.35. The van der Waals surface area contributed by atoms with Crippen molar-refractivity contribution in [2.45, 2.75) is 29.8 Å². The molecule has 1 atom stereocenters. The Morgan fingerprint density at radius 1 is 1.15 bits per heavy atom. The Hall–Kier alpha value is -2.04. The molecule has 2 N–H and O–H groups in total. The summed E-state index contributed by atoms with van der Waals surface area (Å²) in [6, 6.07) is 7.45. The first-order valence-electron chi connectivity index (χ1n) is 7.92. The molecule has 1 aromatic heterocycles. The lowest BCUT2D eigenvalue weighted by Crippen LogP contribution is -2.53. The Morgan fingerprint density at radius 3 is 2.41 bits per heavy atom. The van der Waals surface area contributed by atoms with Crippen molar-refractivity contribution < 1.29 is 21.6 Å². The third-order valence-electron chi connectivity index (χ3n) is 4.53. The monoisotopic (exact) mass is 417 g/mol. The van der Waals surface area contributed by atoms with Gasteiger partial charge in [-0.05, 0) is 55.3 Å². The van der Waals surface area contributed by atoms with Crippen LogP contribution in [-0.2, 0) is 15.6 Å². The number of halogens is 3. The second-order valence-corrected chi connectivity index (χ2v) is 9.30. The van der Waals surface area contributed by atoms with E-state index in [1.165, 1.54) is 25.4 Å². The predicted molar refractivity (Wildman–Crippen MR) is 98.8 cm³/mol. The third-order valence-corrected chi connectivity index (χ3v) is 7.62. The number of hydrogen-bond donors (Lipinski definition) is 2. The summed E-state index contributed by atoms with van der Waals surface area (Å²) < 4.78 is 68.9. The number of nitrogens with zero attached hydrogens (tertiary/aromatic N) is 1. The van der Waals surface area contributed by atoms with E-state index < -0.39 is 21.7 Å². The molecule has 1 unspecified atom stereocenters. The van der Waals surface area contributed by atoms with Crippen molar-refractivity contribution in [3.05, 3.63) is 58.6 Å². The van der Waals surface area contributed by atoms with Gasteiger partial charge in [0.2, 0.25) is 0 Å². The number of anilines is 1. The molecule has 146 valence electrons. The van der Waals surface area contributed by atoms with E-state index in [0.717, 1.165) is 22.2 Å². The number of likely N-dealkylation sites (N-methyl/N-ethyl adjacent to an activating group) is 1. The molecule has 0 aliphatic carbocycles. The Kier molecular flexibility index (Phi) is 4.77. The van der Waals surface area contributed by atoms with Gasteiger partial charge in [0.25, 0.3) is 10.0 Å². The summed E-state index contributed by atoms with van der Waals surface area (Å²) in [4.78, 5) is -0.140. The molecule has 1 aliphatic heterocycles. The van der Waals surface area contributed by atoms with Crippen molar-refractivity contribution in [3.63, 3.8) is 0 Å². The van der Waals surface area contributed by atoms with Crippen LogP contribution in [0.2, 0.25) is 0 Å². The minimum absolute atomic E-state index is 0.140. The lowest BCUT2D eigenvalue weighted by atomic mass is 9.97. The molecule has 5 nitrogen and oxygen atoms in total. The Bertz CT molecular complexity index is 999. The molecule has 0 amide bonds. The largest absolute Gasteiger partial charge is 0.417 e. The molecule has 0 saturated carbocycles. The number of nitrogens with one attached hydrogen (secondary N) is 2. The van der Waals surface area contributed by atoms with Gasteiger partial charge >= 0.3 is 6.18 Å². The van der Waals surface area contributed by atoms with Crippen molar-refractivity contribution in [1.82, 2.24) is 10.4 Å². The second-order valence-electron chi connectivity index (χ2n) is 6.31. The predicted octanol–water partition coefficient (Wildman–Crippen LogP) is 3.89. The van der Waals surface area contributed by atoms with E-state index in [1.807, 2.05) is 13.8 Å². The van der Waals surface area contributed by atoms with Gasteiger partial charge in [-0.3, -0.25) is 4.72 Å². The highest BCUT2D eigenvalue weighted by Gasteiger charge is 2.60. The maximum Gasteiger partial charge on any atom is 0.417 e. The molecule has 0 spiro atoms. The number of aryl methyl sites for hydroxylation is 2. The number of thiophene rings is 1. The highest BCUT2D eigenvalue weighted by molar-refractivity contribution is 7.94. The Morgan fingerprint density at radius 2 is 1.85 bits per heavy atom. The topological polar surface area (TPSA) is 61.4 Å². The lowest BCUT2D eigenvalue weighted by molar-refractivity contribution is -0.216. The van der Waals surface area contributed by atoms with Crippen LogP contribution in [-0.4, -0.2) is 26.7 Å². The summed E-state index contributed by atoms with van der Waals surface area (Å²) in [5, 5.41) is 0.909. The van der Waals surface area contributed by atoms with Crippen LogP contribution >= 0.6 is 11.3 Å². The summed E-state index contributed by atoms with van der Waals surface area (Å²) in [5.41, 5.74) is 2.35. The minimum Gasteiger partial charge on any atom is -0.325 e. The summed E-state index contributed by atoms with van der Waals surface area (Å²) >= 11 is 0.590. The molecule has 0 fully saturated rings. The Labute approximate surface area is 159 Å². The van der Waals surface area contributed by atoms with E-state index in [9.17, 15) is 21.6 Å². The number of benzene rings is 1. The van der Waals surface area contributed by atoms with Gasteiger partial charge in [-0.15, -0.1) is 11.3 Å². The normalized spacial score (nSPS) is 20.7. The fraction of sp³-hybridized carbons (Fsp3) is 0.294. The maximum absolute atomic E-state index is 13.8. The van der Waals surface area contributed by atoms with Crippen LogP contribution in [0.1, 0.15) is 16.0 Å². The number of rotatable bonds is 4. The standard InChI is InChI=1S/C17H18F3N3O2S2/c1-11-4-5-13(10-12(11)2)22-27(24,25)15-7-6-14(26-15)16(17(18,19)20)8-9-21-23(16)3/h4-10,21-22H,1-3H3. The van der Waals surface area contributed by atoms with Crippen LogP contribution in [0.4, 0.5) is 18.9 Å². The quantitative estimate of drug-likeness (QED) is 0.793. The van der Waals surface area contributed by atoms with Crippen molar-refractivity contribution >= 4 is 27.0 Å². The van der Waals surface area contributed by atoms with Gasteiger partial charge in [0, 0.05) is 23.8 Å². The molecule has 2 heterocycles. The average Bonchev–Trinajstić information content (AvgIpc) is 3.17. The van der Waals surface area contributed by atoms with Crippen molar-refractivity contribution in [2.75, 3.05) is 11.8 Å². The minimum atomic E-state index is -4.63. The highest BCUT2D eigenvalue weighted by atomic mass is 32.2. The molecule has 1 aromatic carbocycles. The zero-order valence-electron chi connectivity index (χ0n) is 14.8. The molecule has 0 saturated heterocycles. The van der Waals surface area contributed by atoms with E-state index in [0.29, 0.717) is 17.0 Å². The SMILES string of the molecule is Cc1ccc(NS(=O)(=O)c2ccc(C3(C(F)(F)F)C=CNN3C)s2)cc1C. The van der Waals surface area contributed by atoms with Crippen molar-refractivity contribution in [1.29, 1.82) is 0 Å². The third kappa shape index (κ3) is 3.32. The van der Waals surface area contributed by atoms with E-state index in [4.69, 9.17) is 0 Å². The van der Waals surface area contributed by atoms with Gasteiger partial charge in [0.1, 0.15) is 4.21 Å². The number of hydrazine groups is 1. The van der Waals surface area contributed by atoms with Gasteiger partial charge in [-0.1, -0.05) is 6.07 Å². The number of hydrogen-bond acceptors (Lipinski definition) is 5. The molecule has 1 aliphatic rings.